The van der Waals surface area contributed by atoms with Crippen LogP contribution >= 0.6 is 24.0 Å². The average Bonchev–Trinajstić information content (AvgIpc) is 3.09. The molecule has 0 spiro atoms. The van der Waals surface area contributed by atoms with Gasteiger partial charge in [-0.05, 0) is 60.2 Å². The number of rotatable bonds is 11. The first-order valence-electron chi connectivity index (χ1n) is 11.1. The number of nitrogens with zero attached hydrogens (tertiary/aromatic N) is 1. The number of benzene rings is 2. The molecule has 0 N–H and O–H groups in total. The van der Waals surface area contributed by atoms with Crippen molar-refractivity contribution in [2.75, 3.05) is 34.5 Å². The molecule has 1 amide bonds. The number of ether oxygens (including phenoxy) is 4. The highest BCUT2D eigenvalue weighted by Gasteiger charge is 2.31. The molecule has 1 fully saturated rings. The Hall–Kier alpha value is -2.71. The standard InChI is InChI=1S/C26H31NO5S2/c1-17(2)11-13-32-21-9-7-19(15-23(21)31-5)16-24-25(28)27(26(33)34-24)12-10-18-6-8-20(29-3)22(14-18)30-4/h6-9,14-17H,10-13H2,1-5H3/b24-16-. The fourth-order valence-corrected chi connectivity index (χ4v) is 4.73. The van der Waals surface area contributed by atoms with Crippen molar-refractivity contribution >= 4 is 40.3 Å². The molecule has 0 saturated carbocycles. The zero-order valence-corrected chi connectivity index (χ0v) is 21.9. The molecule has 0 atom stereocenters. The summed E-state index contributed by atoms with van der Waals surface area (Å²) in [6.07, 6.45) is 3.46. The van der Waals surface area contributed by atoms with Gasteiger partial charge in [-0.15, -0.1) is 0 Å². The highest BCUT2D eigenvalue weighted by molar-refractivity contribution is 8.26. The van der Waals surface area contributed by atoms with Gasteiger partial charge in [-0.1, -0.05) is 50.0 Å². The normalized spacial score (nSPS) is 14.8. The molecule has 3 rings (SSSR count). The van der Waals surface area contributed by atoms with Crippen LogP contribution in [0.5, 0.6) is 23.0 Å². The van der Waals surface area contributed by atoms with Gasteiger partial charge in [-0.3, -0.25) is 9.69 Å². The molecule has 1 aliphatic heterocycles. The van der Waals surface area contributed by atoms with Gasteiger partial charge >= 0.3 is 0 Å². The summed E-state index contributed by atoms with van der Waals surface area (Å²) in [6.45, 7) is 5.44. The number of carbonyl (C=O) groups excluding carboxylic acids is 1. The molecule has 0 aromatic heterocycles. The highest BCUT2D eigenvalue weighted by Crippen LogP contribution is 2.35. The lowest BCUT2D eigenvalue weighted by molar-refractivity contribution is -0.122. The van der Waals surface area contributed by atoms with E-state index < -0.39 is 0 Å². The minimum absolute atomic E-state index is 0.0910. The van der Waals surface area contributed by atoms with Crippen molar-refractivity contribution in [3.63, 3.8) is 0 Å². The molecule has 34 heavy (non-hydrogen) atoms. The lowest BCUT2D eigenvalue weighted by Gasteiger charge is -2.15. The second-order valence-electron chi connectivity index (χ2n) is 8.21. The molecule has 2 aromatic rings. The number of amides is 1. The molecule has 2 aromatic carbocycles. The SMILES string of the molecule is COc1ccc(CCN2C(=O)/C(=C/c3ccc(OCCC(C)C)c(OC)c3)SC2=S)cc1OC. The molecule has 1 aliphatic rings. The minimum atomic E-state index is -0.0910. The van der Waals surface area contributed by atoms with Gasteiger partial charge in [0.25, 0.3) is 5.91 Å². The first-order valence-corrected chi connectivity index (χ1v) is 12.4. The van der Waals surface area contributed by atoms with Crippen molar-refractivity contribution in [2.45, 2.75) is 26.7 Å². The van der Waals surface area contributed by atoms with Gasteiger partial charge in [-0.25, -0.2) is 0 Å². The van der Waals surface area contributed by atoms with Crippen LogP contribution in [0.2, 0.25) is 0 Å². The van der Waals surface area contributed by atoms with Crippen LogP contribution in [0.1, 0.15) is 31.4 Å². The first kappa shape index (κ1) is 25.9. The minimum Gasteiger partial charge on any atom is -0.493 e. The predicted octanol–water partition coefficient (Wildman–Crippen LogP) is 5.58. The fourth-order valence-electron chi connectivity index (χ4n) is 3.42. The largest absolute Gasteiger partial charge is 0.493 e. The lowest BCUT2D eigenvalue weighted by Crippen LogP contribution is -2.30. The number of hydrogen-bond acceptors (Lipinski definition) is 7. The molecule has 0 unspecified atom stereocenters. The van der Waals surface area contributed by atoms with E-state index >= 15 is 0 Å². The summed E-state index contributed by atoms with van der Waals surface area (Å²) >= 11 is 6.80. The maximum Gasteiger partial charge on any atom is 0.266 e. The maximum absolute atomic E-state index is 13.0. The van der Waals surface area contributed by atoms with Crippen LogP contribution in [0.25, 0.3) is 6.08 Å². The van der Waals surface area contributed by atoms with E-state index in [0.29, 0.717) is 57.7 Å². The maximum atomic E-state index is 13.0. The predicted molar refractivity (Wildman–Crippen MR) is 141 cm³/mol. The zero-order chi connectivity index (χ0) is 24.7. The smallest absolute Gasteiger partial charge is 0.266 e. The van der Waals surface area contributed by atoms with Crippen molar-refractivity contribution in [3.8, 4) is 23.0 Å². The first-order chi connectivity index (χ1) is 16.4. The second kappa shape index (κ2) is 12.1. The molecule has 0 radical (unpaired) electrons. The van der Waals surface area contributed by atoms with Crippen molar-refractivity contribution in [2.24, 2.45) is 5.92 Å². The fraction of sp³-hybridized carbons (Fsp3) is 0.385. The van der Waals surface area contributed by atoms with Gasteiger partial charge in [0.1, 0.15) is 4.32 Å². The van der Waals surface area contributed by atoms with Crippen LogP contribution in [-0.4, -0.2) is 49.6 Å². The molecule has 1 heterocycles. The quantitative estimate of drug-likeness (QED) is 0.294. The van der Waals surface area contributed by atoms with Gasteiger partial charge in [-0.2, -0.15) is 0 Å². The monoisotopic (exact) mass is 501 g/mol. The lowest BCUT2D eigenvalue weighted by atomic mass is 10.1. The van der Waals surface area contributed by atoms with Crippen LogP contribution in [0, 0.1) is 5.92 Å². The summed E-state index contributed by atoms with van der Waals surface area (Å²) < 4.78 is 22.6. The van der Waals surface area contributed by atoms with E-state index in [1.807, 2.05) is 42.5 Å². The molecule has 8 heteroatoms. The molecule has 1 saturated heterocycles. The van der Waals surface area contributed by atoms with Crippen LogP contribution in [0.4, 0.5) is 0 Å². The Balaban J connectivity index is 1.68. The Labute approximate surface area is 211 Å². The number of methoxy groups -OCH3 is 3. The number of thiocarbonyl (C=S) groups is 1. The zero-order valence-electron chi connectivity index (χ0n) is 20.3. The van der Waals surface area contributed by atoms with Gasteiger partial charge in [0.15, 0.2) is 23.0 Å². The van der Waals surface area contributed by atoms with E-state index in [1.54, 1.807) is 26.2 Å². The van der Waals surface area contributed by atoms with E-state index in [-0.39, 0.29) is 5.91 Å². The van der Waals surface area contributed by atoms with Gasteiger partial charge in [0, 0.05) is 6.54 Å². The Morgan fingerprint density at radius 1 is 0.971 bits per heavy atom. The third-order valence-corrected chi connectivity index (χ3v) is 6.76. The third kappa shape index (κ3) is 6.45. The third-order valence-electron chi connectivity index (χ3n) is 5.38. The summed E-state index contributed by atoms with van der Waals surface area (Å²) in [7, 11) is 4.82. The van der Waals surface area contributed by atoms with E-state index in [0.717, 1.165) is 17.5 Å². The molecular formula is C26H31NO5S2. The van der Waals surface area contributed by atoms with Crippen molar-refractivity contribution in [1.82, 2.24) is 4.90 Å². The molecule has 6 nitrogen and oxygen atoms in total. The van der Waals surface area contributed by atoms with E-state index in [9.17, 15) is 4.79 Å². The summed E-state index contributed by atoms with van der Waals surface area (Å²) in [6, 6.07) is 11.4. The molecule has 0 aliphatic carbocycles. The molecule has 182 valence electrons. The van der Waals surface area contributed by atoms with Crippen molar-refractivity contribution in [3.05, 3.63) is 52.4 Å². The number of hydrogen-bond donors (Lipinski definition) is 0. The molecular weight excluding hydrogens is 470 g/mol. The topological polar surface area (TPSA) is 57.2 Å². The van der Waals surface area contributed by atoms with E-state index in [1.165, 1.54) is 11.8 Å². The van der Waals surface area contributed by atoms with Crippen LogP contribution in [0.3, 0.4) is 0 Å². The number of carbonyl (C=O) groups is 1. The van der Waals surface area contributed by atoms with Crippen LogP contribution < -0.4 is 18.9 Å². The van der Waals surface area contributed by atoms with Gasteiger partial charge < -0.3 is 18.9 Å². The number of thioether (sulfide) groups is 1. The van der Waals surface area contributed by atoms with Crippen LogP contribution in [-0.2, 0) is 11.2 Å². The van der Waals surface area contributed by atoms with Gasteiger partial charge in [0.05, 0.1) is 32.8 Å². The van der Waals surface area contributed by atoms with E-state index in [2.05, 4.69) is 13.8 Å². The summed E-state index contributed by atoms with van der Waals surface area (Å²) in [5.41, 5.74) is 1.89. The summed E-state index contributed by atoms with van der Waals surface area (Å²) in [5.74, 6) is 3.15. The van der Waals surface area contributed by atoms with Crippen molar-refractivity contribution in [1.29, 1.82) is 0 Å². The Bertz CT molecular complexity index is 1070. The van der Waals surface area contributed by atoms with Crippen molar-refractivity contribution < 1.29 is 23.7 Å². The highest BCUT2D eigenvalue weighted by atomic mass is 32.2. The van der Waals surface area contributed by atoms with E-state index in [4.69, 9.17) is 31.2 Å². The summed E-state index contributed by atoms with van der Waals surface area (Å²) in [5, 5.41) is 0. The Morgan fingerprint density at radius 3 is 2.32 bits per heavy atom. The Morgan fingerprint density at radius 2 is 1.65 bits per heavy atom. The second-order valence-corrected chi connectivity index (χ2v) is 9.89. The average molecular weight is 502 g/mol. The molecule has 0 bridgehead atoms. The van der Waals surface area contributed by atoms with Crippen LogP contribution in [0.15, 0.2) is 41.3 Å². The Kier molecular flexibility index (Phi) is 9.24. The summed E-state index contributed by atoms with van der Waals surface area (Å²) in [4.78, 5) is 15.3. The van der Waals surface area contributed by atoms with Gasteiger partial charge in [0.2, 0.25) is 0 Å².